The minimum absolute atomic E-state index is 0.0258. The van der Waals surface area contributed by atoms with E-state index in [1.807, 2.05) is 29.2 Å². The summed E-state index contributed by atoms with van der Waals surface area (Å²) in [7, 11) is 0. The molecule has 1 saturated carbocycles. The number of anilines is 1. The monoisotopic (exact) mass is 357 g/mol. The fraction of sp³-hybridized carbons (Fsp3) is 0.619. The van der Waals surface area contributed by atoms with Crippen LogP contribution < -0.4 is 10.6 Å². The van der Waals surface area contributed by atoms with E-state index in [9.17, 15) is 9.59 Å². The number of hydrogen-bond acceptors (Lipinski definition) is 3. The highest BCUT2D eigenvalue weighted by atomic mass is 16.2. The molecule has 0 spiro atoms. The number of carbonyl (C=O) groups excluding carboxylic acids is 2. The van der Waals surface area contributed by atoms with Gasteiger partial charge in [-0.1, -0.05) is 32.1 Å². The molecule has 2 amide bonds. The van der Waals surface area contributed by atoms with E-state index in [0.29, 0.717) is 18.2 Å². The van der Waals surface area contributed by atoms with Gasteiger partial charge in [-0.05, 0) is 49.9 Å². The third kappa shape index (κ3) is 5.56. The van der Waals surface area contributed by atoms with Crippen LogP contribution in [0.25, 0.3) is 0 Å². The van der Waals surface area contributed by atoms with Crippen LogP contribution in [0, 0.1) is 0 Å². The van der Waals surface area contributed by atoms with Gasteiger partial charge in [0.25, 0.3) is 5.91 Å². The second kappa shape index (κ2) is 9.72. The molecule has 1 aliphatic heterocycles. The SMILES string of the molecule is O=C(CNC1CCCCC1)Nc1ccc(C(=O)N2CCCCCC2)cc1. The Morgan fingerprint density at radius 3 is 2.15 bits per heavy atom. The van der Waals surface area contributed by atoms with Crippen LogP contribution in [-0.2, 0) is 4.79 Å². The van der Waals surface area contributed by atoms with Crippen molar-refractivity contribution in [3.05, 3.63) is 29.8 Å². The summed E-state index contributed by atoms with van der Waals surface area (Å²) in [5.41, 5.74) is 1.44. The van der Waals surface area contributed by atoms with Crippen LogP contribution in [0.1, 0.15) is 68.1 Å². The number of hydrogen-bond donors (Lipinski definition) is 2. The number of carbonyl (C=O) groups is 2. The lowest BCUT2D eigenvalue weighted by atomic mass is 9.95. The van der Waals surface area contributed by atoms with Crippen molar-refractivity contribution in [3.63, 3.8) is 0 Å². The number of nitrogens with zero attached hydrogens (tertiary/aromatic N) is 1. The van der Waals surface area contributed by atoms with Crippen molar-refractivity contribution in [2.75, 3.05) is 25.0 Å². The van der Waals surface area contributed by atoms with Crippen LogP contribution in [0.3, 0.4) is 0 Å². The standard InChI is InChI=1S/C21H31N3O2/c25-20(16-22-18-8-4-3-5-9-18)23-19-12-10-17(11-13-19)21(26)24-14-6-1-2-7-15-24/h10-13,18,22H,1-9,14-16H2,(H,23,25). The zero-order valence-electron chi connectivity index (χ0n) is 15.6. The van der Waals surface area contributed by atoms with E-state index in [1.54, 1.807) is 0 Å². The molecule has 0 radical (unpaired) electrons. The van der Waals surface area contributed by atoms with Crippen molar-refractivity contribution in [2.24, 2.45) is 0 Å². The Kier molecular flexibility index (Phi) is 7.06. The highest BCUT2D eigenvalue weighted by Gasteiger charge is 2.17. The molecule has 26 heavy (non-hydrogen) atoms. The highest BCUT2D eigenvalue weighted by Crippen LogP contribution is 2.18. The van der Waals surface area contributed by atoms with E-state index in [-0.39, 0.29) is 11.8 Å². The molecule has 3 rings (SSSR count). The van der Waals surface area contributed by atoms with Crippen LogP contribution in [0.2, 0.25) is 0 Å². The minimum Gasteiger partial charge on any atom is -0.339 e. The topological polar surface area (TPSA) is 61.4 Å². The molecule has 2 aliphatic rings. The fourth-order valence-corrected chi connectivity index (χ4v) is 3.90. The fourth-order valence-electron chi connectivity index (χ4n) is 3.90. The molecule has 0 unspecified atom stereocenters. The van der Waals surface area contributed by atoms with Gasteiger partial charge >= 0.3 is 0 Å². The molecule has 2 fully saturated rings. The van der Waals surface area contributed by atoms with Crippen LogP contribution in [0.5, 0.6) is 0 Å². The normalized spacial score (nSPS) is 19.0. The lowest BCUT2D eigenvalue weighted by molar-refractivity contribution is -0.115. The van der Waals surface area contributed by atoms with E-state index >= 15 is 0 Å². The zero-order valence-corrected chi connectivity index (χ0v) is 15.6. The summed E-state index contributed by atoms with van der Waals surface area (Å²) in [6.45, 7) is 2.05. The molecule has 1 saturated heterocycles. The summed E-state index contributed by atoms with van der Waals surface area (Å²) < 4.78 is 0. The molecule has 142 valence electrons. The van der Waals surface area contributed by atoms with E-state index in [2.05, 4.69) is 10.6 Å². The van der Waals surface area contributed by atoms with Gasteiger partial charge in [0.15, 0.2) is 0 Å². The van der Waals surface area contributed by atoms with Gasteiger partial charge in [0, 0.05) is 30.4 Å². The second-order valence-electron chi connectivity index (χ2n) is 7.55. The van der Waals surface area contributed by atoms with Gasteiger partial charge in [-0.15, -0.1) is 0 Å². The molecular formula is C21H31N3O2. The maximum Gasteiger partial charge on any atom is 0.253 e. The molecule has 1 aliphatic carbocycles. The Labute approximate surface area is 156 Å². The third-order valence-electron chi connectivity index (χ3n) is 5.47. The third-order valence-corrected chi connectivity index (χ3v) is 5.47. The predicted molar refractivity (Wildman–Crippen MR) is 104 cm³/mol. The van der Waals surface area contributed by atoms with E-state index in [0.717, 1.165) is 31.6 Å². The number of amides is 2. The van der Waals surface area contributed by atoms with Crippen LogP contribution >= 0.6 is 0 Å². The molecule has 2 N–H and O–H groups in total. The molecule has 5 nitrogen and oxygen atoms in total. The van der Waals surface area contributed by atoms with Crippen molar-refractivity contribution >= 4 is 17.5 Å². The molecule has 1 aromatic carbocycles. The first kappa shape index (κ1) is 18.9. The average Bonchev–Trinajstić information content (AvgIpc) is 2.97. The second-order valence-corrected chi connectivity index (χ2v) is 7.55. The van der Waals surface area contributed by atoms with Crippen molar-refractivity contribution in [2.45, 2.75) is 63.8 Å². The molecular weight excluding hydrogens is 326 g/mol. The Balaban J connectivity index is 1.47. The Morgan fingerprint density at radius 1 is 0.885 bits per heavy atom. The van der Waals surface area contributed by atoms with Crippen molar-refractivity contribution < 1.29 is 9.59 Å². The molecule has 0 bridgehead atoms. The lowest BCUT2D eigenvalue weighted by Gasteiger charge is -2.22. The van der Waals surface area contributed by atoms with Gasteiger partial charge in [0.2, 0.25) is 5.91 Å². The van der Waals surface area contributed by atoms with Crippen LogP contribution in [0.15, 0.2) is 24.3 Å². The lowest BCUT2D eigenvalue weighted by Crippen LogP contribution is -2.37. The maximum absolute atomic E-state index is 12.6. The van der Waals surface area contributed by atoms with E-state index < -0.39 is 0 Å². The first-order valence-electron chi connectivity index (χ1n) is 10.1. The smallest absolute Gasteiger partial charge is 0.253 e. The van der Waals surface area contributed by atoms with Crippen LogP contribution in [0.4, 0.5) is 5.69 Å². The van der Waals surface area contributed by atoms with Crippen molar-refractivity contribution in [1.82, 2.24) is 10.2 Å². The summed E-state index contributed by atoms with van der Waals surface area (Å²) >= 11 is 0. The molecule has 0 atom stereocenters. The van der Waals surface area contributed by atoms with E-state index in [1.165, 1.54) is 44.9 Å². The Hall–Kier alpha value is -1.88. The van der Waals surface area contributed by atoms with Gasteiger partial charge in [-0.2, -0.15) is 0 Å². The first-order valence-corrected chi connectivity index (χ1v) is 10.1. The van der Waals surface area contributed by atoms with Gasteiger partial charge in [-0.25, -0.2) is 0 Å². The predicted octanol–water partition coefficient (Wildman–Crippen LogP) is 3.56. The molecule has 5 heteroatoms. The summed E-state index contributed by atoms with van der Waals surface area (Å²) in [4.78, 5) is 26.7. The summed E-state index contributed by atoms with van der Waals surface area (Å²) in [6, 6.07) is 7.75. The minimum atomic E-state index is -0.0258. The Bertz CT molecular complexity index is 586. The summed E-state index contributed by atoms with van der Waals surface area (Å²) in [5, 5.41) is 6.26. The van der Waals surface area contributed by atoms with Crippen LogP contribution in [-0.4, -0.2) is 42.4 Å². The largest absolute Gasteiger partial charge is 0.339 e. The molecule has 1 aromatic rings. The summed E-state index contributed by atoms with van der Waals surface area (Å²) in [6.07, 6.45) is 10.8. The average molecular weight is 357 g/mol. The van der Waals surface area contributed by atoms with Crippen molar-refractivity contribution in [3.8, 4) is 0 Å². The zero-order chi connectivity index (χ0) is 18.2. The van der Waals surface area contributed by atoms with E-state index in [4.69, 9.17) is 0 Å². The number of likely N-dealkylation sites (tertiary alicyclic amines) is 1. The summed E-state index contributed by atoms with van der Waals surface area (Å²) in [5.74, 6) is 0.0749. The molecule has 1 heterocycles. The Morgan fingerprint density at radius 2 is 1.50 bits per heavy atom. The number of nitrogens with one attached hydrogen (secondary N) is 2. The first-order chi connectivity index (χ1) is 12.7. The maximum atomic E-state index is 12.6. The quantitative estimate of drug-likeness (QED) is 0.847. The molecule has 0 aromatic heterocycles. The van der Waals surface area contributed by atoms with Gasteiger partial charge < -0.3 is 15.5 Å². The van der Waals surface area contributed by atoms with Gasteiger partial charge in [0.1, 0.15) is 0 Å². The van der Waals surface area contributed by atoms with Gasteiger partial charge in [-0.3, -0.25) is 9.59 Å². The van der Waals surface area contributed by atoms with Crippen molar-refractivity contribution in [1.29, 1.82) is 0 Å². The number of rotatable bonds is 5. The highest BCUT2D eigenvalue weighted by molar-refractivity contribution is 5.96. The van der Waals surface area contributed by atoms with Gasteiger partial charge in [0.05, 0.1) is 6.54 Å². The number of benzene rings is 1.